The van der Waals surface area contributed by atoms with E-state index in [4.69, 9.17) is 5.73 Å². The monoisotopic (exact) mass is 237 g/mol. The molecule has 4 atom stereocenters. The van der Waals surface area contributed by atoms with Gasteiger partial charge in [-0.05, 0) is 37.5 Å². The Morgan fingerprint density at radius 3 is 2.88 bits per heavy atom. The largest absolute Gasteiger partial charge is 0.322 e. The average Bonchev–Trinajstić information content (AvgIpc) is 3.02. The van der Waals surface area contributed by atoms with E-state index < -0.39 is 0 Å². The summed E-state index contributed by atoms with van der Waals surface area (Å²) >= 11 is 1.76. The molecular formula is C12H19N3S. The molecule has 2 saturated carbocycles. The maximum Gasteiger partial charge on any atom is 0.134 e. The van der Waals surface area contributed by atoms with E-state index in [0.29, 0.717) is 5.92 Å². The van der Waals surface area contributed by atoms with Gasteiger partial charge < -0.3 is 5.73 Å². The molecule has 1 aromatic heterocycles. The highest BCUT2D eigenvalue weighted by Gasteiger charge is 2.41. The Morgan fingerprint density at radius 1 is 1.38 bits per heavy atom. The number of hydrogen-bond donors (Lipinski definition) is 1. The molecule has 0 amide bonds. The summed E-state index contributed by atoms with van der Waals surface area (Å²) in [5, 5.41) is 10.9. The molecule has 2 aliphatic carbocycles. The van der Waals surface area contributed by atoms with Gasteiger partial charge in [0.25, 0.3) is 0 Å². The van der Waals surface area contributed by atoms with Crippen molar-refractivity contribution in [2.24, 2.45) is 17.6 Å². The fraction of sp³-hybridized carbons (Fsp3) is 0.833. The summed E-state index contributed by atoms with van der Waals surface area (Å²) in [6.07, 6.45) is 6.58. The first-order valence-corrected chi connectivity index (χ1v) is 7.18. The second kappa shape index (κ2) is 4.08. The summed E-state index contributed by atoms with van der Waals surface area (Å²) in [6.45, 7) is 2.10. The van der Waals surface area contributed by atoms with Crippen molar-refractivity contribution in [2.75, 3.05) is 0 Å². The van der Waals surface area contributed by atoms with Gasteiger partial charge in [-0.1, -0.05) is 24.7 Å². The van der Waals surface area contributed by atoms with E-state index in [0.717, 1.165) is 23.3 Å². The molecule has 88 valence electrons. The van der Waals surface area contributed by atoms with Crippen LogP contribution in [-0.4, -0.2) is 10.2 Å². The van der Waals surface area contributed by atoms with Crippen LogP contribution in [0.2, 0.25) is 0 Å². The van der Waals surface area contributed by atoms with E-state index in [9.17, 15) is 0 Å². The van der Waals surface area contributed by atoms with Crippen LogP contribution in [0.4, 0.5) is 0 Å². The molecule has 2 bridgehead atoms. The fourth-order valence-electron chi connectivity index (χ4n) is 3.27. The SMILES string of the molecule is CCC(N)c1nnc(C2CC3CCC2C3)s1. The van der Waals surface area contributed by atoms with Crippen LogP contribution in [0.3, 0.4) is 0 Å². The zero-order valence-electron chi connectivity index (χ0n) is 9.72. The number of aromatic nitrogens is 2. The highest BCUT2D eigenvalue weighted by atomic mass is 32.1. The van der Waals surface area contributed by atoms with Crippen molar-refractivity contribution in [3.63, 3.8) is 0 Å². The number of rotatable bonds is 3. The van der Waals surface area contributed by atoms with Gasteiger partial charge in [0, 0.05) is 5.92 Å². The van der Waals surface area contributed by atoms with Gasteiger partial charge in [-0.25, -0.2) is 0 Å². The highest BCUT2D eigenvalue weighted by molar-refractivity contribution is 7.11. The average molecular weight is 237 g/mol. The molecule has 2 N–H and O–H groups in total. The van der Waals surface area contributed by atoms with Crippen molar-refractivity contribution < 1.29 is 0 Å². The summed E-state index contributed by atoms with van der Waals surface area (Å²) in [5.41, 5.74) is 5.99. The summed E-state index contributed by atoms with van der Waals surface area (Å²) in [5.74, 6) is 2.57. The van der Waals surface area contributed by atoms with Crippen molar-refractivity contribution >= 4 is 11.3 Å². The van der Waals surface area contributed by atoms with Crippen LogP contribution in [0, 0.1) is 11.8 Å². The maximum absolute atomic E-state index is 5.99. The molecule has 3 rings (SSSR count). The van der Waals surface area contributed by atoms with Crippen LogP contribution in [0.5, 0.6) is 0 Å². The first kappa shape index (κ1) is 10.7. The molecule has 0 aromatic carbocycles. The minimum atomic E-state index is 0.0878. The number of fused-ring (bicyclic) bond motifs is 2. The van der Waals surface area contributed by atoms with Gasteiger partial charge in [-0.2, -0.15) is 0 Å². The molecule has 1 aromatic rings. The molecule has 2 aliphatic rings. The fourth-order valence-corrected chi connectivity index (χ4v) is 4.40. The molecule has 4 heteroatoms. The van der Waals surface area contributed by atoms with Gasteiger partial charge in [0.2, 0.25) is 0 Å². The smallest absolute Gasteiger partial charge is 0.134 e. The van der Waals surface area contributed by atoms with Crippen molar-refractivity contribution in [3.05, 3.63) is 10.0 Å². The Balaban J connectivity index is 1.77. The Labute approximate surface area is 100 Å². The zero-order chi connectivity index (χ0) is 11.1. The Hall–Kier alpha value is -0.480. The normalized spacial score (nSPS) is 34.5. The van der Waals surface area contributed by atoms with E-state index in [1.54, 1.807) is 11.3 Å². The lowest BCUT2D eigenvalue weighted by Crippen LogP contribution is -2.08. The first-order valence-electron chi connectivity index (χ1n) is 6.36. The van der Waals surface area contributed by atoms with Gasteiger partial charge in [0.05, 0.1) is 6.04 Å². The zero-order valence-corrected chi connectivity index (χ0v) is 10.5. The second-order valence-electron chi connectivity index (χ2n) is 5.27. The van der Waals surface area contributed by atoms with E-state index in [2.05, 4.69) is 17.1 Å². The number of nitrogens with two attached hydrogens (primary N) is 1. The molecule has 0 aliphatic heterocycles. The van der Waals surface area contributed by atoms with Crippen LogP contribution in [0.25, 0.3) is 0 Å². The summed E-state index contributed by atoms with van der Waals surface area (Å²) < 4.78 is 0. The molecule has 0 spiro atoms. The predicted octanol–water partition coefficient (Wildman–Crippen LogP) is 2.85. The minimum Gasteiger partial charge on any atom is -0.322 e. The quantitative estimate of drug-likeness (QED) is 0.879. The van der Waals surface area contributed by atoms with Crippen LogP contribution in [0.15, 0.2) is 0 Å². The Kier molecular flexibility index (Phi) is 2.72. The van der Waals surface area contributed by atoms with E-state index in [1.807, 2.05) is 0 Å². The topological polar surface area (TPSA) is 51.8 Å². The van der Waals surface area contributed by atoms with Crippen LogP contribution in [-0.2, 0) is 0 Å². The van der Waals surface area contributed by atoms with Gasteiger partial charge in [0.1, 0.15) is 10.0 Å². The minimum absolute atomic E-state index is 0.0878. The number of nitrogens with zero attached hydrogens (tertiary/aromatic N) is 2. The molecule has 0 saturated heterocycles. The van der Waals surface area contributed by atoms with Gasteiger partial charge >= 0.3 is 0 Å². The van der Waals surface area contributed by atoms with Crippen LogP contribution in [0.1, 0.15) is 61.0 Å². The molecule has 3 nitrogen and oxygen atoms in total. The van der Waals surface area contributed by atoms with Gasteiger partial charge in [-0.3, -0.25) is 0 Å². The third-order valence-electron chi connectivity index (χ3n) is 4.27. The number of hydrogen-bond acceptors (Lipinski definition) is 4. The lowest BCUT2D eigenvalue weighted by Gasteiger charge is -2.18. The molecule has 0 radical (unpaired) electrons. The predicted molar refractivity (Wildman–Crippen MR) is 65.3 cm³/mol. The van der Waals surface area contributed by atoms with Crippen LogP contribution >= 0.6 is 11.3 Å². The lowest BCUT2D eigenvalue weighted by molar-refractivity contribution is 0.417. The highest BCUT2D eigenvalue weighted by Crippen LogP contribution is 2.53. The summed E-state index contributed by atoms with van der Waals surface area (Å²) in [6, 6.07) is 0.0878. The standard InChI is InChI=1S/C12H19N3S/c1-2-10(13)12-15-14-11(16-12)9-6-7-3-4-8(9)5-7/h7-10H,2-6,13H2,1H3. The van der Waals surface area contributed by atoms with Crippen LogP contribution < -0.4 is 5.73 Å². The van der Waals surface area contributed by atoms with Crippen molar-refractivity contribution in [2.45, 2.75) is 51.0 Å². The van der Waals surface area contributed by atoms with Gasteiger partial charge in [-0.15, -0.1) is 10.2 Å². The molecule has 16 heavy (non-hydrogen) atoms. The molecule has 1 heterocycles. The van der Waals surface area contributed by atoms with Crippen molar-refractivity contribution in [1.29, 1.82) is 0 Å². The molecule has 2 fully saturated rings. The van der Waals surface area contributed by atoms with E-state index in [-0.39, 0.29) is 6.04 Å². The summed E-state index contributed by atoms with van der Waals surface area (Å²) in [4.78, 5) is 0. The third-order valence-corrected chi connectivity index (χ3v) is 5.46. The molecular weight excluding hydrogens is 218 g/mol. The van der Waals surface area contributed by atoms with Crippen molar-refractivity contribution in [1.82, 2.24) is 10.2 Å². The maximum atomic E-state index is 5.99. The van der Waals surface area contributed by atoms with E-state index >= 15 is 0 Å². The Morgan fingerprint density at radius 2 is 2.25 bits per heavy atom. The Bertz CT molecular complexity index is 376. The van der Waals surface area contributed by atoms with Gasteiger partial charge in [0.15, 0.2) is 0 Å². The third kappa shape index (κ3) is 1.68. The van der Waals surface area contributed by atoms with E-state index in [1.165, 1.54) is 30.7 Å². The van der Waals surface area contributed by atoms with Crippen molar-refractivity contribution in [3.8, 4) is 0 Å². The summed E-state index contributed by atoms with van der Waals surface area (Å²) in [7, 11) is 0. The molecule has 4 unspecified atom stereocenters. The second-order valence-corrected chi connectivity index (χ2v) is 6.32. The first-order chi connectivity index (χ1) is 7.78. The lowest BCUT2D eigenvalue weighted by atomic mass is 9.89.